The van der Waals surface area contributed by atoms with Gasteiger partial charge in [-0.05, 0) is 31.2 Å². The molecule has 1 saturated heterocycles. The van der Waals surface area contributed by atoms with Gasteiger partial charge >= 0.3 is 11.9 Å². The maximum Gasteiger partial charge on any atom is 0.338 e. The summed E-state index contributed by atoms with van der Waals surface area (Å²) in [7, 11) is 0. The van der Waals surface area contributed by atoms with E-state index < -0.39 is 36.5 Å². The standard InChI is InChI=1S/C20H20O6/c1-13-16(25-18(21)14-8-4-2-5-9-14)12-17(20(23)24-13)26-19(22)15-10-6-3-7-11-15/h2-11,13,16-17,20,23H,12H2,1H3/t13?,16-,17+,20?/m1/s1. The van der Waals surface area contributed by atoms with E-state index >= 15 is 0 Å². The van der Waals surface area contributed by atoms with Crippen LogP contribution in [0.25, 0.3) is 0 Å². The van der Waals surface area contributed by atoms with Crippen LogP contribution < -0.4 is 0 Å². The van der Waals surface area contributed by atoms with E-state index in [-0.39, 0.29) is 6.42 Å². The summed E-state index contributed by atoms with van der Waals surface area (Å²) >= 11 is 0. The Balaban J connectivity index is 1.65. The van der Waals surface area contributed by atoms with Crippen molar-refractivity contribution >= 4 is 11.9 Å². The van der Waals surface area contributed by atoms with Gasteiger partial charge in [-0.3, -0.25) is 0 Å². The lowest BCUT2D eigenvalue weighted by Crippen LogP contribution is -2.49. The van der Waals surface area contributed by atoms with Gasteiger partial charge in [0.1, 0.15) is 6.10 Å². The van der Waals surface area contributed by atoms with Crippen LogP contribution in [0.15, 0.2) is 60.7 Å². The first-order chi connectivity index (χ1) is 12.5. The summed E-state index contributed by atoms with van der Waals surface area (Å²) in [5, 5.41) is 10.1. The highest BCUT2D eigenvalue weighted by molar-refractivity contribution is 5.90. The van der Waals surface area contributed by atoms with E-state index in [1.807, 2.05) is 0 Å². The van der Waals surface area contributed by atoms with Crippen molar-refractivity contribution in [1.29, 1.82) is 0 Å². The number of carbonyl (C=O) groups is 2. The molecule has 0 spiro atoms. The maximum atomic E-state index is 12.2. The summed E-state index contributed by atoms with van der Waals surface area (Å²) in [5.41, 5.74) is 0.791. The van der Waals surface area contributed by atoms with Gasteiger partial charge in [0.25, 0.3) is 0 Å². The molecule has 6 heteroatoms. The lowest BCUT2D eigenvalue weighted by atomic mass is 10.0. The average molecular weight is 356 g/mol. The Labute approximate surface area is 151 Å². The highest BCUT2D eigenvalue weighted by Gasteiger charge is 2.39. The van der Waals surface area contributed by atoms with Gasteiger partial charge in [-0.2, -0.15) is 0 Å². The van der Waals surface area contributed by atoms with E-state index in [4.69, 9.17) is 14.2 Å². The zero-order chi connectivity index (χ0) is 18.5. The first-order valence-electron chi connectivity index (χ1n) is 8.40. The van der Waals surface area contributed by atoms with Crippen molar-refractivity contribution in [2.45, 2.75) is 37.9 Å². The second-order valence-corrected chi connectivity index (χ2v) is 6.09. The second kappa shape index (κ2) is 8.12. The monoisotopic (exact) mass is 356 g/mol. The zero-order valence-corrected chi connectivity index (χ0v) is 14.3. The molecule has 1 fully saturated rings. The fraction of sp³-hybridized carbons (Fsp3) is 0.300. The van der Waals surface area contributed by atoms with Crippen molar-refractivity contribution in [3.8, 4) is 0 Å². The number of carbonyl (C=O) groups excluding carboxylic acids is 2. The molecule has 1 aliphatic heterocycles. The minimum atomic E-state index is -1.27. The molecular weight excluding hydrogens is 336 g/mol. The fourth-order valence-electron chi connectivity index (χ4n) is 2.74. The summed E-state index contributed by atoms with van der Waals surface area (Å²) in [4.78, 5) is 24.4. The third-order valence-corrected chi connectivity index (χ3v) is 4.20. The van der Waals surface area contributed by atoms with Gasteiger partial charge < -0.3 is 19.3 Å². The molecule has 0 aliphatic carbocycles. The van der Waals surface area contributed by atoms with Crippen LogP contribution in [0.3, 0.4) is 0 Å². The molecule has 0 bridgehead atoms. The number of aliphatic hydroxyl groups is 1. The molecule has 26 heavy (non-hydrogen) atoms. The van der Waals surface area contributed by atoms with Crippen LogP contribution in [0, 0.1) is 0 Å². The van der Waals surface area contributed by atoms with Crippen molar-refractivity contribution in [1.82, 2.24) is 0 Å². The number of ether oxygens (including phenoxy) is 3. The van der Waals surface area contributed by atoms with Crippen molar-refractivity contribution in [2.75, 3.05) is 0 Å². The van der Waals surface area contributed by atoms with Crippen LogP contribution in [-0.2, 0) is 14.2 Å². The number of hydrogen-bond donors (Lipinski definition) is 1. The number of benzene rings is 2. The molecule has 2 unspecified atom stereocenters. The Hall–Kier alpha value is -2.70. The quantitative estimate of drug-likeness (QED) is 0.848. The second-order valence-electron chi connectivity index (χ2n) is 6.09. The number of hydrogen-bond acceptors (Lipinski definition) is 6. The molecule has 3 rings (SSSR count). The Kier molecular flexibility index (Phi) is 5.65. The molecule has 0 radical (unpaired) electrons. The molecule has 1 heterocycles. The van der Waals surface area contributed by atoms with Crippen molar-refractivity contribution in [3.63, 3.8) is 0 Å². The van der Waals surface area contributed by atoms with Gasteiger partial charge in [-0.1, -0.05) is 36.4 Å². The van der Waals surface area contributed by atoms with Gasteiger partial charge in [-0.15, -0.1) is 0 Å². The molecular formula is C20H20O6. The smallest absolute Gasteiger partial charge is 0.338 e. The minimum Gasteiger partial charge on any atom is -0.456 e. The van der Waals surface area contributed by atoms with E-state index in [9.17, 15) is 14.7 Å². The Bertz CT molecular complexity index is 682. The largest absolute Gasteiger partial charge is 0.456 e. The van der Waals surface area contributed by atoms with Crippen LogP contribution in [0.2, 0.25) is 0 Å². The molecule has 0 aromatic heterocycles. The lowest BCUT2D eigenvalue weighted by Gasteiger charge is -2.36. The molecule has 4 atom stereocenters. The molecule has 0 amide bonds. The third kappa shape index (κ3) is 4.28. The molecule has 2 aromatic carbocycles. The van der Waals surface area contributed by atoms with E-state index in [0.717, 1.165) is 0 Å². The molecule has 1 N–H and O–H groups in total. The zero-order valence-electron chi connectivity index (χ0n) is 14.3. The maximum absolute atomic E-state index is 12.2. The number of esters is 2. The number of aliphatic hydroxyl groups excluding tert-OH is 1. The molecule has 1 aliphatic rings. The van der Waals surface area contributed by atoms with E-state index in [1.165, 1.54) is 0 Å². The van der Waals surface area contributed by atoms with Gasteiger partial charge in [0.05, 0.1) is 17.2 Å². The van der Waals surface area contributed by atoms with Crippen LogP contribution in [-0.4, -0.2) is 41.6 Å². The highest BCUT2D eigenvalue weighted by Crippen LogP contribution is 2.25. The van der Waals surface area contributed by atoms with Crippen LogP contribution in [0.1, 0.15) is 34.1 Å². The molecule has 2 aromatic rings. The predicted molar refractivity (Wildman–Crippen MR) is 92.5 cm³/mol. The van der Waals surface area contributed by atoms with Gasteiger partial charge in [0.2, 0.25) is 0 Å². The Morgan fingerprint density at radius 1 is 0.885 bits per heavy atom. The van der Waals surface area contributed by atoms with Gasteiger partial charge in [0, 0.05) is 6.42 Å². The summed E-state index contributed by atoms with van der Waals surface area (Å²) < 4.78 is 16.2. The van der Waals surface area contributed by atoms with E-state index in [2.05, 4.69) is 0 Å². The summed E-state index contributed by atoms with van der Waals surface area (Å²) in [5.74, 6) is -1.06. The highest BCUT2D eigenvalue weighted by atomic mass is 16.7. The third-order valence-electron chi connectivity index (χ3n) is 4.20. The van der Waals surface area contributed by atoms with E-state index in [1.54, 1.807) is 67.6 Å². The van der Waals surface area contributed by atoms with Crippen LogP contribution in [0.5, 0.6) is 0 Å². The van der Waals surface area contributed by atoms with Crippen LogP contribution >= 0.6 is 0 Å². The lowest BCUT2D eigenvalue weighted by molar-refractivity contribution is -0.240. The summed E-state index contributed by atoms with van der Waals surface area (Å²) in [6, 6.07) is 17.1. The van der Waals surface area contributed by atoms with Crippen molar-refractivity contribution < 1.29 is 28.9 Å². The summed E-state index contributed by atoms with van der Waals surface area (Å²) in [6.45, 7) is 1.70. The SMILES string of the molecule is CC1OC(O)[C@@H](OC(=O)c2ccccc2)C[C@H]1OC(=O)c1ccccc1. The Morgan fingerprint density at radius 3 is 1.85 bits per heavy atom. The van der Waals surface area contributed by atoms with Crippen LogP contribution in [0.4, 0.5) is 0 Å². The van der Waals surface area contributed by atoms with Gasteiger partial charge in [-0.25, -0.2) is 9.59 Å². The first-order valence-corrected chi connectivity index (χ1v) is 8.40. The minimum absolute atomic E-state index is 0.152. The molecule has 6 nitrogen and oxygen atoms in total. The molecule has 0 saturated carbocycles. The summed E-state index contributed by atoms with van der Waals surface area (Å²) in [6.07, 6.45) is -3.21. The van der Waals surface area contributed by atoms with Crippen molar-refractivity contribution in [2.24, 2.45) is 0 Å². The topological polar surface area (TPSA) is 82.1 Å². The fourth-order valence-corrected chi connectivity index (χ4v) is 2.74. The Morgan fingerprint density at radius 2 is 1.35 bits per heavy atom. The van der Waals surface area contributed by atoms with Crippen molar-refractivity contribution in [3.05, 3.63) is 71.8 Å². The predicted octanol–water partition coefficient (Wildman–Crippen LogP) is 2.56. The normalized spacial score (nSPS) is 25.3. The first kappa shape index (κ1) is 18.1. The number of rotatable bonds is 4. The van der Waals surface area contributed by atoms with E-state index in [0.29, 0.717) is 11.1 Å². The average Bonchev–Trinajstić information content (AvgIpc) is 2.66. The molecule has 136 valence electrons. The van der Waals surface area contributed by atoms with Gasteiger partial charge in [0.15, 0.2) is 12.4 Å².